The zero-order chi connectivity index (χ0) is 14.5. The Hall–Kier alpha value is -2.09. The number of carbonyl (C=O) groups is 1. The topological polar surface area (TPSA) is 69.0 Å². The number of piperidine rings is 1. The number of nitrogens with one attached hydrogen (secondary N) is 1. The van der Waals surface area contributed by atoms with E-state index < -0.39 is 0 Å². The normalized spacial score (nSPS) is 18.7. The summed E-state index contributed by atoms with van der Waals surface area (Å²) >= 11 is 0. The van der Waals surface area contributed by atoms with Crippen molar-refractivity contribution in [2.75, 3.05) is 18.0 Å². The number of pyridine rings is 1. The molecular weight excluding hydrogens is 252 g/mol. The van der Waals surface area contributed by atoms with E-state index in [9.17, 15) is 4.79 Å². The fourth-order valence-electron chi connectivity index (χ4n) is 2.34. The van der Waals surface area contributed by atoms with Crippen molar-refractivity contribution in [2.24, 2.45) is 5.92 Å². The van der Waals surface area contributed by atoms with E-state index in [-0.39, 0.29) is 17.9 Å². The molecule has 0 bridgehead atoms. The summed E-state index contributed by atoms with van der Waals surface area (Å²) in [7, 11) is 0. The van der Waals surface area contributed by atoms with Gasteiger partial charge in [0.1, 0.15) is 11.8 Å². The van der Waals surface area contributed by atoms with Gasteiger partial charge >= 0.3 is 0 Å². The second-order valence-electron chi connectivity index (χ2n) is 5.46. The molecule has 5 heteroatoms. The predicted octanol–water partition coefficient (Wildman–Crippen LogP) is 1.69. The van der Waals surface area contributed by atoms with Crippen LogP contribution in [0.2, 0.25) is 0 Å². The van der Waals surface area contributed by atoms with Gasteiger partial charge in [-0.2, -0.15) is 5.26 Å². The van der Waals surface area contributed by atoms with Crippen molar-refractivity contribution in [2.45, 2.75) is 32.7 Å². The van der Waals surface area contributed by atoms with Crippen LogP contribution in [0.25, 0.3) is 0 Å². The summed E-state index contributed by atoms with van der Waals surface area (Å²) < 4.78 is 0. The third-order valence-corrected chi connectivity index (χ3v) is 3.52. The molecule has 5 nitrogen and oxygen atoms in total. The number of rotatable bonds is 3. The summed E-state index contributed by atoms with van der Waals surface area (Å²) in [6.45, 7) is 5.56. The average Bonchev–Trinajstić information content (AvgIpc) is 2.47. The number of carbonyl (C=O) groups excluding carboxylic acids is 1. The van der Waals surface area contributed by atoms with Gasteiger partial charge in [0.25, 0.3) is 0 Å². The Morgan fingerprint density at radius 2 is 2.35 bits per heavy atom. The van der Waals surface area contributed by atoms with Crippen molar-refractivity contribution >= 4 is 11.6 Å². The minimum absolute atomic E-state index is 0.0157. The lowest BCUT2D eigenvalue weighted by Crippen LogP contribution is -2.48. The highest BCUT2D eigenvalue weighted by Crippen LogP contribution is 2.19. The van der Waals surface area contributed by atoms with Gasteiger partial charge in [0.2, 0.25) is 5.91 Å². The molecule has 1 aromatic heterocycles. The number of aromatic nitrogens is 1. The first-order valence-corrected chi connectivity index (χ1v) is 7.01. The zero-order valence-electron chi connectivity index (χ0n) is 12.0. The fourth-order valence-corrected chi connectivity index (χ4v) is 2.34. The summed E-state index contributed by atoms with van der Waals surface area (Å²) in [5.74, 6) is 0.122. The van der Waals surface area contributed by atoms with Crippen molar-refractivity contribution in [3.8, 4) is 6.07 Å². The molecule has 106 valence electrons. The maximum absolute atomic E-state index is 11.8. The molecule has 0 saturated carbocycles. The van der Waals surface area contributed by atoms with Crippen LogP contribution in [0, 0.1) is 17.2 Å². The summed E-state index contributed by atoms with van der Waals surface area (Å²) in [6.07, 6.45) is 3.78. The highest BCUT2D eigenvalue weighted by molar-refractivity contribution is 5.78. The molecule has 1 aliphatic heterocycles. The van der Waals surface area contributed by atoms with E-state index in [1.54, 1.807) is 12.3 Å². The molecule has 2 rings (SSSR count). The lowest BCUT2D eigenvalue weighted by Gasteiger charge is -2.34. The maximum Gasteiger partial charge on any atom is 0.222 e. The lowest BCUT2D eigenvalue weighted by molar-refractivity contribution is -0.124. The van der Waals surface area contributed by atoms with Crippen LogP contribution in [0.15, 0.2) is 18.3 Å². The third kappa shape index (κ3) is 3.47. The number of nitriles is 1. The molecule has 1 fully saturated rings. The van der Waals surface area contributed by atoms with Gasteiger partial charge in [-0.25, -0.2) is 4.98 Å². The van der Waals surface area contributed by atoms with Crippen LogP contribution >= 0.6 is 0 Å². The molecule has 1 saturated heterocycles. The van der Waals surface area contributed by atoms with Crippen LogP contribution in [0.1, 0.15) is 32.4 Å². The Labute approximate surface area is 119 Å². The first-order chi connectivity index (χ1) is 9.60. The number of amides is 1. The summed E-state index contributed by atoms with van der Waals surface area (Å²) in [5, 5.41) is 11.8. The molecule has 1 amide bonds. The highest BCUT2D eigenvalue weighted by Gasteiger charge is 2.22. The van der Waals surface area contributed by atoms with Crippen LogP contribution in [-0.2, 0) is 4.79 Å². The fraction of sp³-hybridized carbons (Fsp3) is 0.533. The highest BCUT2D eigenvalue weighted by atomic mass is 16.1. The van der Waals surface area contributed by atoms with E-state index in [2.05, 4.69) is 15.2 Å². The van der Waals surface area contributed by atoms with E-state index in [0.717, 1.165) is 31.6 Å². The van der Waals surface area contributed by atoms with Crippen molar-refractivity contribution < 1.29 is 4.79 Å². The van der Waals surface area contributed by atoms with E-state index in [0.29, 0.717) is 5.69 Å². The van der Waals surface area contributed by atoms with Crippen LogP contribution in [-0.4, -0.2) is 30.0 Å². The monoisotopic (exact) mass is 272 g/mol. The summed E-state index contributed by atoms with van der Waals surface area (Å²) in [4.78, 5) is 18.1. The average molecular weight is 272 g/mol. The maximum atomic E-state index is 11.8. The Kier molecular flexibility index (Phi) is 4.57. The molecule has 0 aromatic carbocycles. The molecule has 0 spiro atoms. The number of hydrogen-bond donors (Lipinski definition) is 1. The van der Waals surface area contributed by atoms with Gasteiger partial charge < -0.3 is 10.2 Å². The zero-order valence-corrected chi connectivity index (χ0v) is 12.0. The van der Waals surface area contributed by atoms with Crippen molar-refractivity contribution in [1.82, 2.24) is 10.3 Å². The Balaban J connectivity index is 1.99. The van der Waals surface area contributed by atoms with Gasteiger partial charge in [0.05, 0.1) is 11.9 Å². The smallest absolute Gasteiger partial charge is 0.222 e. The minimum Gasteiger partial charge on any atom is -0.368 e. The Morgan fingerprint density at radius 3 is 2.95 bits per heavy atom. The molecule has 20 heavy (non-hydrogen) atoms. The third-order valence-electron chi connectivity index (χ3n) is 3.52. The molecule has 1 atom stereocenters. The minimum atomic E-state index is 0.0157. The van der Waals surface area contributed by atoms with Crippen LogP contribution in [0.3, 0.4) is 0 Å². The van der Waals surface area contributed by atoms with Crippen molar-refractivity contribution in [3.05, 3.63) is 24.0 Å². The van der Waals surface area contributed by atoms with E-state index in [1.165, 1.54) is 0 Å². The standard InChI is InChI=1S/C15H20N4O/c1-11(2)15(20)18-13-4-3-7-19(10-13)14-6-5-12(8-16)17-9-14/h5-6,9,11,13H,3-4,7,10H2,1-2H3,(H,18,20). The SMILES string of the molecule is CC(C)C(=O)NC1CCCN(c2ccc(C#N)nc2)C1. The van der Waals surface area contributed by atoms with Crippen LogP contribution < -0.4 is 10.2 Å². The van der Waals surface area contributed by atoms with Gasteiger partial charge in [-0.05, 0) is 25.0 Å². The molecule has 1 aromatic rings. The molecule has 0 radical (unpaired) electrons. The molecule has 1 N–H and O–H groups in total. The van der Waals surface area contributed by atoms with Gasteiger partial charge in [-0.1, -0.05) is 13.8 Å². The molecule has 1 unspecified atom stereocenters. The van der Waals surface area contributed by atoms with E-state index in [1.807, 2.05) is 26.0 Å². The van der Waals surface area contributed by atoms with Crippen LogP contribution in [0.4, 0.5) is 5.69 Å². The number of anilines is 1. The lowest BCUT2D eigenvalue weighted by atomic mass is 10.0. The first kappa shape index (κ1) is 14.3. The summed E-state index contributed by atoms with van der Waals surface area (Å²) in [5.41, 5.74) is 1.43. The largest absolute Gasteiger partial charge is 0.368 e. The second-order valence-corrected chi connectivity index (χ2v) is 5.46. The van der Waals surface area contributed by atoms with E-state index >= 15 is 0 Å². The van der Waals surface area contributed by atoms with Crippen LogP contribution in [0.5, 0.6) is 0 Å². The van der Waals surface area contributed by atoms with Crippen molar-refractivity contribution in [3.63, 3.8) is 0 Å². The molecule has 2 heterocycles. The Bertz CT molecular complexity index is 504. The molecule has 0 aliphatic carbocycles. The van der Waals surface area contributed by atoms with Gasteiger partial charge in [0, 0.05) is 25.0 Å². The first-order valence-electron chi connectivity index (χ1n) is 7.01. The molecule has 1 aliphatic rings. The quantitative estimate of drug-likeness (QED) is 0.909. The Morgan fingerprint density at radius 1 is 1.55 bits per heavy atom. The molecular formula is C15H20N4O. The van der Waals surface area contributed by atoms with Gasteiger partial charge in [0.15, 0.2) is 0 Å². The van der Waals surface area contributed by atoms with Gasteiger partial charge in [-0.3, -0.25) is 4.79 Å². The predicted molar refractivity (Wildman–Crippen MR) is 77.2 cm³/mol. The van der Waals surface area contributed by atoms with Crippen molar-refractivity contribution in [1.29, 1.82) is 5.26 Å². The summed E-state index contributed by atoms with van der Waals surface area (Å²) in [6, 6.07) is 5.85. The van der Waals surface area contributed by atoms with Gasteiger partial charge in [-0.15, -0.1) is 0 Å². The van der Waals surface area contributed by atoms with E-state index in [4.69, 9.17) is 5.26 Å². The second kappa shape index (κ2) is 6.38. The number of hydrogen-bond acceptors (Lipinski definition) is 4. The number of nitrogens with zero attached hydrogens (tertiary/aromatic N) is 3.